The average molecular weight is 984 g/mol. The van der Waals surface area contributed by atoms with Crippen LogP contribution in [0.25, 0.3) is 5.76 Å². The molecule has 1 saturated heterocycles. The molecule has 3 aromatic carbocycles. The summed E-state index contributed by atoms with van der Waals surface area (Å²) in [4.78, 5) is 103. The summed E-state index contributed by atoms with van der Waals surface area (Å²) in [5, 5.41) is 39.7. The summed E-state index contributed by atoms with van der Waals surface area (Å²) in [5.41, 5.74) is 1.72. The van der Waals surface area contributed by atoms with Crippen molar-refractivity contribution >= 4 is 58.7 Å². The van der Waals surface area contributed by atoms with E-state index < -0.39 is 71.2 Å². The van der Waals surface area contributed by atoms with E-state index in [9.17, 15) is 48.6 Å². The van der Waals surface area contributed by atoms with E-state index in [0.717, 1.165) is 28.5 Å². The number of nitrogens with one attached hydrogen (secondary N) is 5. The number of imide groups is 2. The van der Waals surface area contributed by atoms with Crippen LogP contribution in [0.5, 0.6) is 11.5 Å². The molecule has 0 aromatic heterocycles. The number of carbonyl (C=O) groups excluding carboxylic acids is 8. The lowest BCUT2D eigenvalue weighted by atomic mass is 10.0. The Bertz CT molecular complexity index is 2530. The highest BCUT2D eigenvalue weighted by molar-refractivity contribution is 6.43. The molecule has 378 valence electrons. The van der Waals surface area contributed by atoms with E-state index in [4.69, 9.17) is 29.1 Å². The number of hydrogen-bond donors (Lipinski definition) is 7. The van der Waals surface area contributed by atoms with Crippen molar-refractivity contribution in [2.24, 2.45) is 0 Å². The molecule has 6 rings (SSSR count). The number of ether oxygens (including phenoxy) is 5. The fraction of sp³-hybridized carbons (Fsp3) is 0.408. The van der Waals surface area contributed by atoms with Crippen molar-refractivity contribution in [3.8, 4) is 11.5 Å². The molecule has 22 heteroatoms. The summed E-state index contributed by atoms with van der Waals surface area (Å²) in [6.45, 7) is 2.03. The number of carbonyl (C=O) groups is 8. The highest BCUT2D eigenvalue weighted by Gasteiger charge is 2.46. The quantitative estimate of drug-likeness (QED) is 0.0246. The van der Waals surface area contributed by atoms with E-state index >= 15 is 0 Å². The van der Waals surface area contributed by atoms with Gasteiger partial charge in [-0.25, -0.2) is 0 Å². The van der Waals surface area contributed by atoms with Gasteiger partial charge in [-0.15, -0.1) is 0 Å². The number of fused-ring (bicyclic) bond motifs is 2. The smallest absolute Gasteiger partial charge is 0.269 e. The Morgan fingerprint density at radius 1 is 0.817 bits per heavy atom. The molecular weight excluding hydrogens is 927 g/mol. The third-order valence-corrected chi connectivity index (χ3v) is 11.6. The molecule has 0 spiro atoms. The van der Waals surface area contributed by atoms with Crippen molar-refractivity contribution in [2.45, 2.75) is 44.2 Å². The second kappa shape index (κ2) is 25.9. The Balaban J connectivity index is 0.735. The third-order valence-electron chi connectivity index (χ3n) is 11.6. The maximum absolute atomic E-state index is 13.2. The first-order valence-corrected chi connectivity index (χ1v) is 23.0. The number of benzene rings is 3. The zero-order chi connectivity index (χ0) is 50.9. The number of amides is 8. The van der Waals surface area contributed by atoms with Gasteiger partial charge in [0.15, 0.2) is 6.61 Å². The first-order valence-electron chi connectivity index (χ1n) is 23.0. The summed E-state index contributed by atoms with van der Waals surface area (Å²) in [5.74, 6) is -5.42. The number of phenolic OH excluding ortho intramolecular Hbond substituents is 1. The highest BCUT2D eigenvalue weighted by atomic mass is 16.6. The molecule has 3 aliphatic rings. The lowest BCUT2D eigenvalue weighted by molar-refractivity contribution is -0.136. The van der Waals surface area contributed by atoms with Gasteiger partial charge in [0.1, 0.15) is 29.0 Å². The van der Waals surface area contributed by atoms with Crippen LogP contribution >= 0.6 is 0 Å². The van der Waals surface area contributed by atoms with Crippen LogP contribution < -0.4 is 26.0 Å². The number of nitrogens with zero attached hydrogens (tertiary/aromatic N) is 2. The fourth-order valence-corrected chi connectivity index (χ4v) is 7.85. The molecule has 71 heavy (non-hydrogen) atoms. The molecule has 22 nitrogen and oxygen atoms in total. The van der Waals surface area contributed by atoms with Crippen LogP contribution in [-0.2, 0) is 49.3 Å². The number of rotatable bonds is 27. The summed E-state index contributed by atoms with van der Waals surface area (Å²) in [6, 6.07) is 14.7. The van der Waals surface area contributed by atoms with Gasteiger partial charge in [0.2, 0.25) is 17.7 Å². The molecular formula is C49H57N7O15. The highest BCUT2D eigenvalue weighted by Crippen LogP contribution is 2.34. The molecule has 1 fully saturated rings. The number of aromatic hydroxyl groups is 1. The van der Waals surface area contributed by atoms with Gasteiger partial charge in [0, 0.05) is 51.2 Å². The lowest BCUT2D eigenvalue weighted by Crippen LogP contribution is -2.54. The molecule has 3 aromatic rings. The largest absolute Gasteiger partial charge is 0.507 e. The minimum Gasteiger partial charge on any atom is -0.507 e. The minimum atomic E-state index is -1.12. The van der Waals surface area contributed by atoms with Crippen LogP contribution in [0, 0.1) is 5.41 Å². The standard InChI is InChI=1S/C49H57N7O15/c1-55(47(64)33-11-9-31(27-39(33)58)38(57)28-35(50)45(62)53-36-12-10-30-5-2-3-6-32(30)36)18-16-51-41(59)15-19-67-21-23-69-25-26-70-24-22-68-20-17-52-43(61)29-71-40-8-4-7-34-44(40)49(66)56(48(34)65)37-13-14-42(60)54-46(37)63/h2-9,11,27-28,36-37,50,57-58H,10,12-26,29H2,1H3,(H,51,59)(H,52,61)(H,53,62)(H,54,60,63)/b38-28-,50-35?. The lowest BCUT2D eigenvalue weighted by Gasteiger charge is -2.27. The number of aliphatic hydroxyl groups excluding tert-OH is 1. The normalized spacial score (nSPS) is 16.2. The van der Waals surface area contributed by atoms with Gasteiger partial charge in [-0.3, -0.25) is 54.0 Å². The summed E-state index contributed by atoms with van der Waals surface area (Å²) < 4.78 is 27.4. The second-order valence-corrected chi connectivity index (χ2v) is 16.5. The van der Waals surface area contributed by atoms with Crippen LogP contribution in [0.3, 0.4) is 0 Å². The maximum atomic E-state index is 13.2. The molecule has 2 unspecified atom stereocenters. The van der Waals surface area contributed by atoms with Gasteiger partial charge in [-0.2, -0.15) is 0 Å². The van der Waals surface area contributed by atoms with Gasteiger partial charge in [-0.1, -0.05) is 36.4 Å². The van der Waals surface area contributed by atoms with Crippen molar-refractivity contribution in [3.05, 3.63) is 100 Å². The Hall–Kier alpha value is -7.53. The maximum Gasteiger partial charge on any atom is 0.269 e. The molecule has 2 heterocycles. The van der Waals surface area contributed by atoms with Gasteiger partial charge in [0.05, 0.1) is 75.6 Å². The first-order chi connectivity index (χ1) is 34.2. The molecule has 2 atom stereocenters. The second-order valence-electron chi connectivity index (χ2n) is 16.5. The van der Waals surface area contributed by atoms with Crippen LogP contribution in [0.2, 0.25) is 0 Å². The Morgan fingerprint density at radius 2 is 1.51 bits per heavy atom. The molecule has 8 amide bonds. The van der Waals surface area contributed by atoms with E-state index in [2.05, 4.69) is 21.3 Å². The monoisotopic (exact) mass is 983 g/mol. The summed E-state index contributed by atoms with van der Waals surface area (Å²) in [6.07, 6.45) is 2.60. The van der Waals surface area contributed by atoms with Crippen LogP contribution in [0.1, 0.15) is 79.5 Å². The number of aryl methyl sites for hydroxylation is 1. The first kappa shape index (κ1) is 52.8. The molecule has 0 radical (unpaired) electrons. The molecule has 0 bridgehead atoms. The SMILES string of the molecule is CN(CCNC(=O)CCOCCOCCOCCOCCNC(=O)COc1cccc2c1C(=O)N(C1CCC(=O)NC1=O)C2=O)C(=O)c1ccc(/C(O)=C/C(=N)C(=O)NC2CCc3ccccc32)cc1O. The number of phenols is 1. The van der Waals surface area contributed by atoms with Gasteiger partial charge >= 0.3 is 0 Å². The Labute approximate surface area is 408 Å². The van der Waals surface area contributed by atoms with E-state index in [1.165, 1.54) is 48.3 Å². The predicted molar refractivity (Wildman–Crippen MR) is 252 cm³/mol. The summed E-state index contributed by atoms with van der Waals surface area (Å²) >= 11 is 0. The number of piperidine rings is 1. The van der Waals surface area contributed by atoms with Gasteiger partial charge in [0.25, 0.3) is 29.5 Å². The number of likely N-dealkylation sites (N-methyl/N-ethyl adjacent to an activating group) is 1. The molecule has 2 aliphatic heterocycles. The zero-order valence-electron chi connectivity index (χ0n) is 39.1. The van der Waals surface area contributed by atoms with Crippen molar-refractivity contribution < 1.29 is 72.3 Å². The zero-order valence-corrected chi connectivity index (χ0v) is 39.1. The van der Waals surface area contributed by atoms with Gasteiger partial charge in [-0.05, 0) is 54.7 Å². The van der Waals surface area contributed by atoms with Crippen molar-refractivity contribution in [3.63, 3.8) is 0 Å². The predicted octanol–water partition coefficient (Wildman–Crippen LogP) is 1.36. The van der Waals surface area contributed by atoms with Crippen molar-refractivity contribution in [1.29, 1.82) is 5.41 Å². The number of aliphatic hydroxyl groups is 1. The van der Waals surface area contributed by atoms with E-state index in [1.54, 1.807) is 0 Å². The Kier molecular flexibility index (Phi) is 19.3. The van der Waals surface area contributed by atoms with Crippen LogP contribution in [0.15, 0.2) is 66.7 Å². The van der Waals surface area contributed by atoms with E-state index in [0.29, 0.717) is 19.6 Å². The average Bonchev–Trinajstić information content (AvgIpc) is 3.87. The molecule has 7 N–H and O–H groups in total. The minimum absolute atomic E-state index is 0.00990. The van der Waals surface area contributed by atoms with Crippen LogP contribution in [0.4, 0.5) is 0 Å². The van der Waals surface area contributed by atoms with E-state index in [-0.39, 0.29) is 118 Å². The van der Waals surface area contributed by atoms with Crippen molar-refractivity contribution in [2.75, 3.05) is 86.1 Å². The molecule has 0 saturated carbocycles. The van der Waals surface area contributed by atoms with Gasteiger partial charge < -0.3 is 54.7 Å². The van der Waals surface area contributed by atoms with Crippen LogP contribution in [-0.4, -0.2) is 165 Å². The summed E-state index contributed by atoms with van der Waals surface area (Å²) in [7, 11) is 1.51. The number of hydrogen-bond acceptors (Lipinski definition) is 16. The fourth-order valence-electron chi connectivity index (χ4n) is 7.85. The van der Waals surface area contributed by atoms with Crippen molar-refractivity contribution in [1.82, 2.24) is 31.1 Å². The Morgan fingerprint density at radius 3 is 2.23 bits per heavy atom. The third kappa shape index (κ3) is 14.5. The molecule has 1 aliphatic carbocycles. The topological polar surface area (TPSA) is 302 Å². The van der Waals surface area contributed by atoms with E-state index in [1.807, 2.05) is 24.3 Å².